The minimum absolute atomic E-state index is 0.0787. The molecule has 0 spiro atoms. The molecule has 1 aromatic heterocycles. The van der Waals surface area contributed by atoms with Crippen molar-refractivity contribution in [2.75, 3.05) is 13.1 Å². The van der Waals surface area contributed by atoms with Crippen molar-refractivity contribution in [1.29, 1.82) is 0 Å². The predicted octanol–water partition coefficient (Wildman–Crippen LogP) is 4.75. The predicted molar refractivity (Wildman–Crippen MR) is 107 cm³/mol. The molecule has 0 bridgehead atoms. The smallest absolute Gasteiger partial charge is 0.261 e. The molecule has 4 nitrogen and oxygen atoms in total. The van der Waals surface area contributed by atoms with Gasteiger partial charge in [0.25, 0.3) is 5.56 Å². The Balaban J connectivity index is 2.13. The number of aromatic nitrogens is 2. The minimum Gasteiger partial charge on any atom is -0.295 e. The highest BCUT2D eigenvalue weighted by Crippen LogP contribution is 2.30. The lowest BCUT2D eigenvalue weighted by atomic mass is 9.97. The van der Waals surface area contributed by atoms with Gasteiger partial charge in [-0.3, -0.25) is 14.3 Å². The van der Waals surface area contributed by atoms with Gasteiger partial charge in [0, 0.05) is 17.6 Å². The maximum absolute atomic E-state index is 13.1. The summed E-state index contributed by atoms with van der Waals surface area (Å²) in [5.74, 6) is 1.66. The van der Waals surface area contributed by atoms with Gasteiger partial charge in [-0.25, -0.2) is 4.98 Å². The number of hydrogen-bond acceptors (Lipinski definition) is 3. The molecule has 1 fully saturated rings. The molecule has 0 radical (unpaired) electrons. The topological polar surface area (TPSA) is 38.1 Å². The van der Waals surface area contributed by atoms with Crippen LogP contribution in [0.25, 0.3) is 10.9 Å². The van der Waals surface area contributed by atoms with Crippen LogP contribution < -0.4 is 5.56 Å². The Kier molecular flexibility index (Phi) is 5.95. The molecular formula is C20H28BrN3O. The zero-order valence-corrected chi connectivity index (χ0v) is 17.1. The number of rotatable bonds is 5. The number of fused-ring (bicyclic) bond motifs is 1. The fourth-order valence-corrected chi connectivity index (χ4v) is 4.39. The average molecular weight is 406 g/mol. The Morgan fingerprint density at radius 1 is 1.36 bits per heavy atom. The molecule has 2 aromatic rings. The molecule has 0 aliphatic carbocycles. The van der Waals surface area contributed by atoms with Crippen LogP contribution in [0.4, 0.5) is 0 Å². The van der Waals surface area contributed by atoms with E-state index in [-0.39, 0.29) is 11.6 Å². The maximum atomic E-state index is 13.1. The first kappa shape index (κ1) is 18.6. The third kappa shape index (κ3) is 3.82. The molecule has 1 aliphatic heterocycles. The zero-order valence-electron chi connectivity index (χ0n) is 15.5. The van der Waals surface area contributed by atoms with Crippen molar-refractivity contribution in [3.8, 4) is 0 Å². The Hall–Kier alpha value is -1.20. The van der Waals surface area contributed by atoms with Gasteiger partial charge in [0.15, 0.2) is 0 Å². The lowest BCUT2D eigenvalue weighted by molar-refractivity contribution is 0.115. The van der Waals surface area contributed by atoms with Crippen molar-refractivity contribution < 1.29 is 0 Å². The van der Waals surface area contributed by atoms with E-state index in [1.165, 1.54) is 12.8 Å². The molecule has 136 valence electrons. The summed E-state index contributed by atoms with van der Waals surface area (Å²) in [6, 6.07) is 6.03. The van der Waals surface area contributed by atoms with Crippen LogP contribution in [0.1, 0.15) is 58.3 Å². The van der Waals surface area contributed by atoms with Gasteiger partial charge < -0.3 is 0 Å². The molecule has 5 heteroatoms. The molecule has 25 heavy (non-hydrogen) atoms. The molecule has 0 N–H and O–H groups in total. The molecule has 2 atom stereocenters. The number of nitrogens with zero attached hydrogens (tertiary/aromatic N) is 3. The fourth-order valence-electron chi connectivity index (χ4n) is 4.03. The number of piperidine rings is 1. The van der Waals surface area contributed by atoms with Gasteiger partial charge in [-0.2, -0.15) is 0 Å². The first-order valence-corrected chi connectivity index (χ1v) is 10.3. The monoisotopic (exact) mass is 405 g/mol. The van der Waals surface area contributed by atoms with E-state index in [0.29, 0.717) is 17.8 Å². The molecule has 1 aromatic carbocycles. The van der Waals surface area contributed by atoms with Crippen molar-refractivity contribution >= 4 is 26.8 Å². The molecule has 2 heterocycles. The van der Waals surface area contributed by atoms with E-state index in [0.717, 1.165) is 41.7 Å². The Bertz CT molecular complexity index is 801. The normalized spacial score (nSPS) is 20.1. The lowest BCUT2D eigenvalue weighted by Gasteiger charge is -2.37. The van der Waals surface area contributed by atoms with Crippen LogP contribution >= 0.6 is 15.9 Å². The van der Waals surface area contributed by atoms with E-state index in [9.17, 15) is 4.79 Å². The van der Waals surface area contributed by atoms with Crippen LogP contribution in [0.3, 0.4) is 0 Å². The van der Waals surface area contributed by atoms with Gasteiger partial charge in [0.1, 0.15) is 5.82 Å². The van der Waals surface area contributed by atoms with Crippen LogP contribution in [0.5, 0.6) is 0 Å². The third-order valence-corrected chi connectivity index (χ3v) is 5.74. The van der Waals surface area contributed by atoms with Gasteiger partial charge in [0.05, 0.1) is 16.9 Å². The number of benzene rings is 1. The quantitative estimate of drug-likeness (QED) is 0.719. The van der Waals surface area contributed by atoms with Crippen molar-refractivity contribution in [3.05, 3.63) is 38.9 Å². The van der Waals surface area contributed by atoms with Gasteiger partial charge >= 0.3 is 0 Å². The van der Waals surface area contributed by atoms with Crippen LogP contribution in [-0.2, 0) is 6.54 Å². The first-order chi connectivity index (χ1) is 12.0. The largest absolute Gasteiger partial charge is 0.295 e. The highest BCUT2D eigenvalue weighted by atomic mass is 79.9. The first-order valence-electron chi connectivity index (χ1n) is 9.49. The lowest BCUT2D eigenvalue weighted by Crippen LogP contribution is -2.40. The summed E-state index contributed by atoms with van der Waals surface area (Å²) in [7, 11) is 0. The summed E-state index contributed by atoms with van der Waals surface area (Å²) in [5, 5.41) is 0.697. The summed E-state index contributed by atoms with van der Waals surface area (Å²) in [4.78, 5) is 20.6. The van der Waals surface area contributed by atoms with Crippen molar-refractivity contribution in [2.45, 2.75) is 59.0 Å². The van der Waals surface area contributed by atoms with E-state index in [2.05, 4.69) is 34.7 Å². The van der Waals surface area contributed by atoms with Gasteiger partial charge in [-0.15, -0.1) is 0 Å². The summed E-state index contributed by atoms with van der Waals surface area (Å²) < 4.78 is 2.80. The standard InChI is InChI=1S/C20H28BrN3O/c1-4-7-18(23-11-6-8-14(3)13-23)19-22-17-10-9-15(21)12-16(17)20(25)24(19)5-2/h9-10,12,14,18H,4-8,11,13H2,1-3H3/t14-,18-/m0/s1. The molecule has 0 amide bonds. The van der Waals surface area contributed by atoms with E-state index >= 15 is 0 Å². The number of halogens is 1. The third-order valence-electron chi connectivity index (χ3n) is 5.25. The molecule has 0 unspecified atom stereocenters. The number of likely N-dealkylation sites (tertiary alicyclic amines) is 1. The SMILES string of the molecule is CCC[C@@H](c1nc2ccc(Br)cc2c(=O)n1CC)N1CCC[C@H](C)C1. The van der Waals surface area contributed by atoms with Gasteiger partial charge in [-0.05, 0) is 56.8 Å². The minimum atomic E-state index is 0.0787. The van der Waals surface area contributed by atoms with Crippen LogP contribution in [0, 0.1) is 5.92 Å². The fraction of sp³-hybridized carbons (Fsp3) is 0.600. The van der Waals surface area contributed by atoms with Gasteiger partial charge in [0.2, 0.25) is 0 Å². The second-order valence-electron chi connectivity index (χ2n) is 7.23. The highest BCUT2D eigenvalue weighted by Gasteiger charge is 2.28. The molecule has 3 rings (SSSR count). The zero-order chi connectivity index (χ0) is 18.0. The maximum Gasteiger partial charge on any atom is 0.261 e. The Morgan fingerprint density at radius 3 is 2.84 bits per heavy atom. The summed E-state index contributed by atoms with van der Waals surface area (Å²) in [5.41, 5.74) is 0.883. The van der Waals surface area contributed by atoms with Crippen molar-refractivity contribution in [3.63, 3.8) is 0 Å². The van der Waals surface area contributed by atoms with Crippen LogP contribution in [0.15, 0.2) is 27.5 Å². The molecular weight excluding hydrogens is 378 g/mol. The van der Waals surface area contributed by atoms with E-state index in [4.69, 9.17) is 4.98 Å². The average Bonchev–Trinajstić information content (AvgIpc) is 2.60. The summed E-state index contributed by atoms with van der Waals surface area (Å²) in [6.45, 7) is 9.45. The van der Waals surface area contributed by atoms with Gasteiger partial charge in [-0.1, -0.05) is 36.2 Å². The molecule has 0 saturated carbocycles. The van der Waals surface area contributed by atoms with Crippen LogP contribution in [0.2, 0.25) is 0 Å². The highest BCUT2D eigenvalue weighted by molar-refractivity contribution is 9.10. The molecule has 1 aliphatic rings. The number of hydrogen-bond donors (Lipinski definition) is 0. The van der Waals surface area contributed by atoms with E-state index < -0.39 is 0 Å². The van der Waals surface area contributed by atoms with E-state index in [1.54, 1.807) is 0 Å². The van der Waals surface area contributed by atoms with Crippen molar-refractivity contribution in [1.82, 2.24) is 14.5 Å². The summed E-state index contributed by atoms with van der Waals surface area (Å²) >= 11 is 3.47. The second-order valence-corrected chi connectivity index (χ2v) is 8.14. The molecule has 1 saturated heterocycles. The Labute approximate surface area is 158 Å². The Morgan fingerprint density at radius 2 is 2.16 bits per heavy atom. The van der Waals surface area contributed by atoms with Crippen LogP contribution in [-0.4, -0.2) is 27.5 Å². The second kappa shape index (κ2) is 8.00. The van der Waals surface area contributed by atoms with Crippen molar-refractivity contribution in [2.24, 2.45) is 5.92 Å². The summed E-state index contributed by atoms with van der Waals surface area (Å²) in [6.07, 6.45) is 4.67. The van der Waals surface area contributed by atoms with E-state index in [1.807, 2.05) is 29.7 Å².